The van der Waals surface area contributed by atoms with Crippen LogP contribution in [0.5, 0.6) is 5.75 Å². The van der Waals surface area contributed by atoms with Gasteiger partial charge in [0.2, 0.25) is 0 Å². The minimum Gasteiger partial charge on any atom is -0.482 e. The van der Waals surface area contributed by atoms with Crippen LogP contribution in [0.25, 0.3) is 0 Å². The summed E-state index contributed by atoms with van der Waals surface area (Å²) in [7, 11) is 0. The number of ether oxygens (including phenoxy) is 1. The molecule has 1 aliphatic rings. The summed E-state index contributed by atoms with van der Waals surface area (Å²) in [4.78, 5) is 11.3. The van der Waals surface area contributed by atoms with E-state index in [2.05, 4.69) is 15.8 Å². The number of aromatic nitrogens is 1. The molecule has 0 aliphatic carbocycles. The van der Waals surface area contributed by atoms with E-state index in [0.717, 1.165) is 22.7 Å². The molecule has 0 saturated heterocycles. The first-order valence-electron chi connectivity index (χ1n) is 6.46. The standard InChI is InChI=1S/C14H14ClN3O3/c1-7-9(8(2)21-18-7)5-16-11-4-13-12(3-10(11)15)17-14(19)6-20-13/h3-4,16H,5-6H2,1-2H3,(H,17,19). The Morgan fingerprint density at radius 3 is 2.95 bits per heavy atom. The molecule has 0 atom stereocenters. The average molecular weight is 308 g/mol. The van der Waals surface area contributed by atoms with Gasteiger partial charge in [0.05, 0.1) is 22.1 Å². The third-order valence-electron chi connectivity index (χ3n) is 3.34. The first kappa shape index (κ1) is 13.8. The van der Waals surface area contributed by atoms with Crippen LogP contribution in [-0.4, -0.2) is 17.7 Å². The second-order valence-corrected chi connectivity index (χ2v) is 5.23. The summed E-state index contributed by atoms with van der Waals surface area (Å²) < 4.78 is 10.5. The topological polar surface area (TPSA) is 76.4 Å². The number of carbonyl (C=O) groups is 1. The largest absolute Gasteiger partial charge is 0.482 e. The highest BCUT2D eigenvalue weighted by atomic mass is 35.5. The van der Waals surface area contributed by atoms with E-state index in [1.807, 2.05) is 13.8 Å². The Labute approximate surface area is 126 Å². The zero-order valence-electron chi connectivity index (χ0n) is 11.6. The van der Waals surface area contributed by atoms with E-state index in [9.17, 15) is 4.79 Å². The van der Waals surface area contributed by atoms with Crippen LogP contribution in [0.15, 0.2) is 16.7 Å². The van der Waals surface area contributed by atoms with E-state index in [-0.39, 0.29) is 12.5 Å². The minimum absolute atomic E-state index is 0.0118. The number of aryl methyl sites for hydroxylation is 2. The molecule has 6 nitrogen and oxygen atoms in total. The first-order chi connectivity index (χ1) is 10.0. The monoisotopic (exact) mass is 307 g/mol. The van der Waals surface area contributed by atoms with Crippen molar-refractivity contribution in [2.24, 2.45) is 0 Å². The van der Waals surface area contributed by atoms with Crippen LogP contribution in [-0.2, 0) is 11.3 Å². The predicted octanol–water partition coefficient (Wildman–Crippen LogP) is 2.89. The molecule has 2 heterocycles. The molecule has 0 radical (unpaired) electrons. The predicted molar refractivity (Wildman–Crippen MR) is 78.9 cm³/mol. The fraction of sp³-hybridized carbons (Fsp3) is 0.286. The Kier molecular flexibility index (Phi) is 3.47. The van der Waals surface area contributed by atoms with Gasteiger partial charge >= 0.3 is 0 Å². The molecule has 0 unspecified atom stereocenters. The Bertz CT molecular complexity index is 692. The highest BCUT2D eigenvalue weighted by Crippen LogP contribution is 2.36. The summed E-state index contributed by atoms with van der Waals surface area (Å²) in [5, 5.41) is 10.4. The Morgan fingerprint density at radius 2 is 2.24 bits per heavy atom. The summed E-state index contributed by atoms with van der Waals surface area (Å²) in [6, 6.07) is 3.44. The lowest BCUT2D eigenvalue weighted by Crippen LogP contribution is -2.25. The molecule has 0 bridgehead atoms. The number of hydrogen-bond donors (Lipinski definition) is 2. The minimum atomic E-state index is -0.185. The van der Waals surface area contributed by atoms with Gasteiger partial charge in [-0.1, -0.05) is 16.8 Å². The lowest BCUT2D eigenvalue weighted by molar-refractivity contribution is -0.118. The molecule has 2 aromatic rings. The summed E-state index contributed by atoms with van der Waals surface area (Å²) in [6.07, 6.45) is 0. The smallest absolute Gasteiger partial charge is 0.262 e. The van der Waals surface area contributed by atoms with Gasteiger partial charge in [0.15, 0.2) is 6.61 Å². The normalized spacial score (nSPS) is 13.4. The van der Waals surface area contributed by atoms with Gasteiger partial charge in [-0.25, -0.2) is 0 Å². The third kappa shape index (κ3) is 2.67. The van der Waals surface area contributed by atoms with Gasteiger partial charge in [-0.15, -0.1) is 0 Å². The second-order valence-electron chi connectivity index (χ2n) is 4.82. The van der Waals surface area contributed by atoms with Gasteiger partial charge in [0, 0.05) is 18.2 Å². The maximum absolute atomic E-state index is 11.3. The van der Waals surface area contributed by atoms with Crippen molar-refractivity contribution in [1.29, 1.82) is 0 Å². The van der Waals surface area contributed by atoms with Gasteiger partial charge in [-0.3, -0.25) is 4.79 Å². The van der Waals surface area contributed by atoms with Gasteiger partial charge < -0.3 is 19.9 Å². The fourth-order valence-electron chi connectivity index (χ4n) is 2.17. The quantitative estimate of drug-likeness (QED) is 0.912. The Hall–Kier alpha value is -2.21. The number of halogens is 1. The molecule has 1 aromatic carbocycles. The van der Waals surface area contributed by atoms with Crippen molar-refractivity contribution >= 4 is 28.9 Å². The van der Waals surface area contributed by atoms with Crippen LogP contribution in [0.2, 0.25) is 5.02 Å². The van der Waals surface area contributed by atoms with Crippen LogP contribution in [0.1, 0.15) is 17.0 Å². The van der Waals surface area contributed by atoms with Crippen molar-refractivity contribution in [3.8, 4) is 5.75 Å². The molecule has 2 N–H and O–H groups in total. The van der Waals surface area contributed by atoms with Crippen LogP contribution < -0.4 is 15.4 Å². The van der Waals surface area contributed by atoms with Crippen molar-refractivity contribution in [2.75, 3.05) is 17.2 Å². The number of anilines is 2. The molecule has 0 saturated carbocycles. The molecular weight excluding hydrogens is 294 g/mol. The van der Waals surface area contributed by atoms with Gasteiger partial charge in [0.1, 0.15) is 11.5 Å². The number of benzene rings is 1. The number of rotatable bonds is 3. The third-order valence-corrected chi connectivity index (χ3v) is 3.65. The van der Waals surface area contributed by atoms with E-state index in [4.69, 9.17) is 20.9 Å². The number of amides is 1. The lowest BCUT2D eigenvalue weighted by atomic mass is 10.2. The number of nitrogens with zero attached hydrogens (tertiary/aromatic N) is 1. The molecule has 7 heteroatoms. The molecule has 0 fully saturated rings. The molecule has 1 amide bonds. The Balaban J connectivity index is 1.82. The van der Waals surface area contributed by atoms with E-state index in [0.29, 0.717) is 23.0 Å². The second kappa shape index (κ2) is 5.29. The van der Waals surface area contributed by atoms with Crippen LogP contribution in [0.4, 0.5) is 11.4 Å². The van der Waals surface area contributed by atoms with Crippen LogP contribution in [0.3, 0.4) is 0 Å². The van der Waals surface area contributed by atoms with Crippen molar-refractivity contribution < 1.29 is 14.1 Å². The summed E-state index contributed by atoms with van der Waals surface area (Å²) in [5.41, 5.74) is 3.15. The van der Waals surface area contributed by atoms with Crippen LogP contribution >= 0.6 is 11.6 Å². The van der Waals surface area contributed by atoms with Gasteiger partial charge in [0.25, 0.3) is 5.91 Å². The zero-order chi connectivity index (χ0) is 15.0. The van der Waals surface area contributed by atoms with Crippen molar-refractivity contribution in [3.63, 3.8) is 0 Å². The van der Waals surface area contributed by atoms with Crippen molar-refractivity contribution in [2.45, 2.75) is 20.4 Å². The molecule has 1 aliphatic heterocycles. The highest BCUT2D eigenvalue weighted by Gasteiger charge is 2.18. The first-order valence-corrected chi connectivity index (χ1v) is 6.84. The zero-order valence-corrected chi connectivity index (χ0v) is 12.4. The molecule has 1 aromatic heterocycles. The molecule has 3 rings (SSSR count). The van der Waals surface area contributed by atoms with Crippen LogP contribution in [0, 0.1) is 13.8 Å². The summed E-state index contributed by atoms with van der Waals surface area (Å²) in [6.45, 7) is 4.31. The Morgan fingerprint density at radius 1 is 1.43 bits per heavy atom. The van der Waals surface area contributed by atoms with E-state index in [1.165, 1.54) is 0 Å². The molecule has 110 valence electrons. The number of carbonyl (C=O) groups excluding carboxylic acids is 1. The van der Waals surface area contributed by atoms with E-state index >= 15 is 0 Å². The average Bonchev–Trinajstić information content (AvgIpc) is 2.76. The summed E-state index contributed by atoms with van der Waals surface area (Å²) >= 11 is 6.22. The maximum Gasteiger partial charge on any atom is 0.262 e. The number of nitrogens with one attached hydrogen (secondary N) is 2. The SMILES string of the molecule is Cc1noc(C)c1CNc1cc2c(cc1Cl)NC(=O)CO2. The van der Waals surface area contributed by atoms with Crippen molar-refractivity contribution in [1.82, 2.24) is 5.16 Å². The molecule has 0 spiro atoms. The molecule has 21 heavy (non-hydrogen) atoms. The number of hydrogen-bond acceptors (Lipinski definition) is 5. The van der Waals surface area contributed by atoms with E-state index < -0.39 is 0 Å². The summed E-state index contributed by atoms with van der Waals surface area (Å²) in [5.74, 6) is 1.19. The highest BCUT2D eigenvalue weighted by molar-refractivity contribution is 6.33. The van der Waals surface area contributed by atoms with E-state index in [1.54, 1.807) is 12.1 Å². The maximum atomic E-state index is 11.3. The van der Waals surface area contributed by atoms with Gasteiger partial charge in [-0.05, 0) is 19.9 Å². The van der Waals surface area contributed by atoms with Crippen molar-refractivity contribution in [3.05, 3.63) is 34.2 Å². The lowest BCUT2D eigenvalue weighted by Gasteiger charge is -2.20. The molecular formula is C14H14ClN3O3. The number of fused-ring (bicyclic) bond motifs is 1. The fourth-order valence-corrected chi connectivity index (χ4v) is 2.40. The van der Waals surface area contributed by atoms with Gasteiger partial charge in [-0.2, -0.15) is 0 Å².